The van der Waals surface area contributed by atoms with Crippen molar-refractivity contribution in [2.75, 3.05) is 25.2 Å². The maximum absolute atomic E-state index is 13.8. The third-order valence-electron chi connectivity index (χ3n) is 5.87. The predicted molar refractivity (Wildman–Crippen MR) is 123 cm³/mol. The molecule has 2 atom stereocenters. The van der Waals surface area contributed by atoms with Gasteiger partial charge in [-0.25, -0.2) is 4.98 Å². The molecule has 1 aliphatic rings. The van der Waals surface area contributed by atoms with Crippen molar-refractivity contribution in [1.82, 2.24) is 9.55 Å². The summed E-state index contributed by atoms with van der Waals surface area (Å²) in [5.74, 6) is -0.307. The van der Waals surface area contributed by atoms with Crippen molar-refractivity contribution in [1.29, 1.82) is 0 Å². The minimum Gasteiger partial charge on any atom is -0.496 e. The number of amides is 1. The van der Waals surface area contributed by atoms with Crippen LogP contribution in [0.5, 0.6) is 5.75 Å². The molecule has 168 valence electrons. The Morgan fingerprint density at radius 1 is 1.12 bits per heavy atom. The summed E-state index contributed by atoms with van der Waals surface area (Å²) < 4.78 is 13.0. The van der Waals surface area contributed by atoms with Crippen LogP contribution in [0.1, 0.15) is 38.8 Å². The molecular formula is C25H29N3O4. The molecule has 1 amide bonds. The van der Waals surface area contributed by atoms with Gasteiger partial charge in [-0.1, -0.05) is 44.2 Å². The topological polar surface area (TPSA) is 73.7 Å². The lowest BCUT2D eigenvalue weighted by molar-refractivity contribution is -0.153. The molecular weight excluding hydrogens is 406 g/mol. The van der Waals surface area contributed by atoms with Crippen LogP contribution in [0.2, 0.25) is 0 Å². The van der Waals surface area contributed by atoms with Gasteiger partial charge >= 0.3 is 5.97 Å². The van der Waals surface area contributed by atoms with E-state index < -0.39 is 17.9 Å². The number of anilines is 1. The Balaban J connectivity index is 1.99. The molecule has 7 nitrogen and oxygen atoms in total. The van der Waals surface area contributed by atoms with E-state index in [0.717, 1.165) is 23.0 Å². The highest BCUT2D eigenvalue weighted by atomic mass is 16.5. The van der Waals surface area contributed by atoms with E-state index in [1.807, 2.05) is 53.1 Å². The fraction of sp³-hybridized carbons (Fsp3) is 0.400. The first kappa shape index (κ1) is 21.9. The van der Waals surface area contributed by atoms with E-state index >= 15 is 0 Å². The molecule has 0 aliphatic carbocycles. The Morgan fingerprint density at radius 2 is 1.84 bits per heavy atom. The molecule has 1 aromatic heterocycles. The zero-order chi connectivity index (χ0) is 22.8. The Morgan fingerprint density at radius 3 is 2.56 bits per heavy atom. The van der Waals surface area contributed by atoms with Gasteiger partial charge in [0.1, 0.15) is 5.75 Å². The zero-order valence-corrected chi connectivity index (χ0v) is 18.9. The van der Waals surface area contributed by atoms with Crippen molar-refractivity contribution in [3.63, 3.8) is 0 Å². The van der Waals surface area contributed by atoms with Crippen LogP contribution in [0.4, 0.5) is 5.95 Å². The van der Waals surface area contributed by atoms with Gasteiger partial charge < -0.3 is 14.0 Å². The zero-order valence-electron chi connectivity index (χ0n) is 18.9. The first-order chi connectivity index (χ1) is 15.5. The molecule has 1 aliphatic heterocycles. The molecule has 0 unspecified atom stereocenters. The van der Waals surface area contributed by atoms with Crippen LogP contribution in [-0.4, -0.2) is 41.7 Å². The third kappa shape index (κ3) is 3.72. The van der Waals surface area contributed by atoms with Gasteiger partial charge in [0, 0.05) is 12.1 Å². The molecule has 32 heavy (non-hydrogen) atoms. The summed E-state index contributed by atoms with van der Waals surface area (Å²) in [6.45, 7) is 6.65. The normalized spacial score (nSPS) is 18.2. The second kappa shape index (κ2) is 9.02. The number of hydrogen-bond acceptors (Lipinski definition) is 5. The summed E-state index contributed by atoms with van der Waals surface area (Å²) in [7, 11) is 1.59. The Hall–Kier alpha value is -3.35. The number of ether oxygens (including phenoxy) is 2. The monoisotopic (exact) mass is 435 g/mol. The lowest BCUT2D eigenvalue weighted by Crippen LogP contribution is -2.50. The summed E-state index contributed by atoms with van der Waals surface area (Å²) in [5, 5.41) is 0. The summed E-state index contributed by atoms with van der Waals surface area (Å²) >= 11 is 0. The van der Waals surface area contributed by atoms with Gasteiger partial charge in [0.25, 0.3) is 0 Å². The molecule has 0 spiro atoms. The van der Waals surface area contributed by atoms with Gasteiger partial charge in [0.2, 0.25) is 11.9 Å². The van der Waals surface area contributed by atoms with E-state index in [1.54, 1.807) is 18.9 Å². The maximum Gasteiger partial charge on any atom is 0.321 e. The lowest BCUT2D eigenvalue weighted by Gasteiger charge is -2.38. The number of nitrogens with zero attached hydrogens (tertiary/aromatic N) is 3. The molecule has 2 aromatic carbocycles. The summed E-state index contributed by atoms with van der Waals surface area (Å²) in [6, 6.07) is 14.6. The standard InChI is InChI=1S/C25H29N3O4/c1-5-32-24(30)21-22(17-10-6-9-13-20(17)31-4)28-19-12-8-7-11-18(19)26-25(28)27(23(21)29)15-14-16(2)3/h6-13,16,21-22H,5,14-15H2,1-4H3/t21-,22+/m1/s1. The smallest absolute Gasteiger partial charge is 0.321 e. The second-order valence-corrected chi connectivity index (χ2v) is 8.36. The predicted octanol–water partition coefficient (Wildman–Crippen LogP) is 4.21. The van der Waals surface area contributed by atoms with Crippen LogP contribution in [0.3, 0.4) is 0 Å². The van der Waals surface area contributed by atoms with Crippen LogP contribution in [-0.2, 0) is 14.3 Å². The number of benzene rings is 2. The number of methoxy groups -OCH3 is 1. The molecule has 4 rings (SSSR count). The van der Waals surface area contributed by atoms with Gasteiger partial charge in [-0.15, -0.1) is 0 Å². The van der Waals surface area contributed by atoms with Gasteiger partial charge in [-0.3, -0.25) is 14.5 Å². The van der Waals surface area contributed by atoms with Gasteiger partial charge in [-0.05, 0) is 37.5 Å². The Labute approximate surface area is 187 Å². The fourth-order valence-electron chi connectivity index (χ4n) is 4.34. The van der Waals surface area contributed by atoms with Gasteiger partial charge in [0.05, 0.1) is 30.8 Å². The van der Waals surface area contributed by atoms with Crippen LogP contribution in [0.15, 0.2) is 48.5 Å². The van der Waals surface area contributed by atoms with Crippen LogP contribution >= 0.6 is 0 Å². The number of carbonyl (C=O) groups excluding carboxylic acids is 2. The van der Waals surface area contributed by atoms with E-state index in [1.165, 1.54) is 0 Å². The molecule has 0 saturated heterocycles. The quantitative estimate of drug-likeness (QED) is 0.411. The van der Waals surface area contributed by atoms with Crippen LogP contribution in [0, 0.1) is 11.8 Å². The first-order valence-electron chi connectivity index (χ1n) is 11.1. The van der Waals surface area contributed by atoms with Crippen molar-refractivity contribution < 1.29 is 19.1 Å². The number of imidazole rings is 1. The van der Waals surface area contributed by atoms with Crippen molar-refractivity contribution in [3.05, 3.63) is 54.1 Å². The largest absolute Gasteiger partial charge is 0.496 e. The highest BCUT2D eigenvalue weighted by Crippen LogP contribution is 2.43. The van der Waals surface area contributed by atoms with Gasteiger partial charge in [-0.2, -0.15) is 0 Å². The van der Waals surface area contributed by atoms with E-state index in [2.05, 4.69) is 13.8 Å². The number of para-hydroxylation sites is 3. The van der Waals surface area contributed by atoms with Crippen molar-refractivity contribution in [2.24, 2.45) is 11.8 Å². The molecule has 7 heteroatoms. The summed E-state index contributed by atoms with van der Waals surface area (Å²) in [4.78, 5) is 33.5. The highest BCUT2D eigenvalue weighted by molar-refractivity contribution is 6.08. The molecule has 0 saturated carbocycles. The fourth-order valence-corrected chi connectivity index (χ4v) is 4.34. The van der Waals surface area contributed by atoms with E-state index in [4.69, 9.17) is 14.5 Å². The molecule has 0 N–H and O–H groups in total. The average molecular weight is 436 g/mol. The number of hydrogen-bond donors (Lipinski definition) is 0. The minimum absolute atomic E-state index is 0.199. The molecule has 0 radical (unpaired) electrons. The van der Waals surface area contributed by atoms with Crippen molar-refractivity contribution in [2.45, 2.75) is 33.2 Å². The highest BCUT2D eigenvalue weighted by Gasteiger charge is 2.48. The minimum atomic E-state index is -1.04. The SMILES string of the molecule is CCOC(=O)[C@H]1C(=O)N(CCC(C)C)c2nc3ccccc3n2[C@H]1c1ccccc1OC. The molecule has 2 heterocycles. The van der Waals surface area contributed by atoms with Crippen LogP contribution < -0.4 is 9.64 Å². The number of fused-ring (bicyclic) bond motifs is 3. The third-order valence-corrected chi connectivity index (χ3v) is 5.87. The summed E-state index contributed by atoms with van der Waals surface area (Å²) in [5.41, 5.74) is 2.37. The maximum atomic E-state index is 13.8. The van der Waals surface area contributed by atoms with Gasteiger partial charge in [0.15, 0.2) is 5.92 Å². The number of rotatable bonds is 7. The van der Waals surface area contributed by atoms with Crippen LogP contribution in [0.25, 0.3) is 11.0 Å². The number of carbonyl (C=O) groups is 2. The van der Waals surface area contributed by atoms with E-state index in [0.29, 0.717) is 24.2 Å². The Kier molecular flexibility index (Phi) is 6.17. The second-order valence-electron chi connectivity index (χ2n) is 8.36. The number of aromatic nitrogens is 2. The average Bonchev–Trinajstić information content (AvgIpc) is 3.16. The van der Waals surface area contributed by atoms with Crippen molar-refractivity contribution in [3.8, 4) is 5.75 Å². The first-order valence-corrected chi connectivity index (χ1v) is 11.1. The number of esters is 1. The lowest BCUT2D eigenvalue weighted by atomic mass is 9.88. The van der Waals surface area contributed by atoms with E-state index in [9.17, 15) is 9.59 Å². The van der Waals surface area contributed by atoms with E-state index in [-0.39, 0.29) is 12.5 Å². The van der Waals surface area contributed by atoms with Crippen molar-refractivity contribution >= 4 is 28.9 Å². The molecule has 3 aromatic rings. The molecule has 0 fully saturated rings. The Bertz CT molecular complexity index is 1140. The summed E-state index contributed by atoms with van der Waals surface area (Å²) in [6.07, 6.45) is 0.795. The molecule has 0 bridgehead atoms.